The Labute approximate surface area is 297 Å². The van der Waals surface area contributed by atoms with Crippen LogP contribution < -0.4 is 0 Å². The first-order valence-corrected chi connectivity index (χ1v) is 17.8. The lowest BCUT2D eigenvalue weighted by Gasteiger charge is -2.16. The fraction of sp³-hybridized carbons (Fsp3) is 0. The predicted molar refractivity (Wildman–Crippen MR) is 217 cm³/mol. The Balaban J connectivity index is 1.23. The molecule has 0 atom stereocenters. The van der Waals surface area contributed by atoms with E-state index in [2.05, 4.69) is 161 Å². The molecule has 8 aromatic carbocycles. The van der Waals surface area contributed by atoms with E-state index < -0.39 is 0 Å². The predicted octanol–water partition coefficient (Wildman–Crippen LogP) is 12.4. The molecule has 12 aromatic rings. The number of hydrogen-bond acceptors (Lipinski definition) is 2. The van der Waals surface area contributed by atoms with Crippen molar-refractivity contribution in [3.05, 3.63) is 170 Å². The summed E-state index contributed by atoms with van der Waals surface area (Å²) in [5.74, 6) is 0.725. The maximum Gasteiger partial charge on any atom is 0.160 e. The second-order valence-electron chi connectivity index (χ2n) is 13.8. The summed E-state index contributed by atoms with van der Waals surface area (Å²) in [5, 5.41) is 11.2. The summed E-state index contributed by atoms with van der Waals surface area (Å²) in [6, 6.07) is 61.1. The lowest BCUT2D eigenvalue weighted by molar-refractivity contribution is 1.18. The van der Waals surface area contributed by atoms with Gasteiger partial charge >= 0.3 is 0 Å². The number of pyridine rings is 1. The van der Waals surface area contributed by atoms with Crippen molar-refractivity contribution in [1.82, 2.24) is 18.9 Å². The Kier molecular flexibility index (Phi) is 5.47. The minimum atomic E-state index is 0.725. The topological polar surface area (TPSA) is 35.1 Å². The molecule has 0 radical (unpaired) electrons. The highest BCUT2D eigenvalue weighted by molar-refractivity contribution is 6.33. The molecule has 0 bridgehead atoms. The van der Waals surface area contributed by atoms with E-state index in [9.17, 15) is 0 Å². The van der Waals surface area contributed by atoms with Crippen LogP contribution in [0.5, 0.6) is 0 Å². The SMILES string of the molecule is c1ccc(-c2nc(-c3ccccc3)c3cc(-n4c5ccccc5c5c6cccc7c8cccc9c%10ccccc%10n(c(cc54)c76)c89)ccc3n2)cc1. The van der Waals surface area contributed by atoms with E-state index in [0.29, 0.717) is 0 Å². The molecule has 0 aliphatic heterocycles. The van der Waals surface area contributed by atoms with Crippen LogP contribution in [0.1, 0.15) is 0 Å². The Bertz CT molecular complexity index is 3390. The van der Waals surface area contributed by atoms with E-state index in [1.165, 1.54) is 70.7 Å². The lowest BCUT2D eigenvalue weighted by Crippen LogP contribution is -1.99. The van der Waals surface area contributed by atoms with Crippen molar-refractivity contribution in [2.45, 2.75) is 0 Å². The van der Waals surface area contributed by atoms with Gasteiger partial charge < -0.3 is 8.97 Å². The molecule has 240 valence electrons. The van der Waals surface area contributed by atoms with Crippen LogP contribution in [0.3, 0.4) is 0 Å². The number of aromatic nitrogens is 4. The number of rotatable bonds is 3. The normalized spacial score (nSPS) is 12.2. The molecule has 4 heteroatoms. The molecule has 12 rings (SSSR count). The van der Waals surface area contributed by atoms with Gasteiger partial charge in [-0.05, 0) is 47.2 Å². The Morgan fingerprint density at radius 3 is 1.79 bits per heavy atom. The molecule has 0 saturated heterocycles. The van der Waals surface area contributed by atoms with Crippen molar-refractivity contribution in [1.29, 1.82) is 0 Å². The zero-order valence-corrected chi connectivity index (χ0v) is 28.0. The van der Waals surface area contributed by atoms with E-state index in [4.69, 9.17) is 9.97 Å². The third-order valence-corrected chi connectivity index (χ3v) is 11.0. The zero-order chi connectivity index (χ0) is 33.9. The van der Waals surface area contributed by atoms with Gasteiger partial charge in [-0.3, -0.25) is 0 Å². The molecular formula is C48H28N4. The molecule has 0 aliphatic carbocycles. The average molecular weight is 661 g/mol. The molecule has 0 fully saturated rings. The average Bonchev–Trinajstić information content (AvgIpc) is 3.73. The Hall–Kier alpha value is -7.04. The number of benzene rings is 8. The van der Waals surface area contributed by atoms with Gasteiger partial charge in [-0.2, -0.15) is 0 Å². The Morgan fingerprint density at radius 1 is 0.365 bits per heavy atom. The van der Waals surface area contributed by atoms with Crippen LogP contribution >= 0.6 is 0 Å². The fourth-order valence-electron chi connectivity index (χ4n) is 8.87. The number of fused-ring (bicyclic) bond motifs is 10. The summed E-state index contributed by atoms with van der Waals surface area (Å²) in [5.41, 5.74) is 11.1. The standard InChI is InChI=1S/C48H28N4/c1-3-13-29(14-4-1)46-38-27-31(25-26-39(38)49-48(50-46)30-15-5-2-6-16-30)51-41-24-10-8-18-36(41)45-37-22-11-19-33-35-21-12-20-34-32-17-7-9-23-40(32)52(47(34)35)43(44(33)37)28-42(45)51/h1-28H. The first-order valence-electron chi connectivity index (χ1n) is 17.8. The molecule has 4 nitrogen and oxygen atoms in total. The van der Waals surface area contributed by atoms with Gasteiger partial charge in [0.25, 0.3) is 0 Å². The van der Waals surface area contributed by atoms with Gasteiger partial charge in [0.1, 0.15) is 0 Å². The smallest absolute Gasteiger partial charge is 0.160 e. The molecular weight excluding hydrogens is 633 g/mol. The van der Waals surface area contributed by atoms with Gasteiger partial charge in [0.2, 0.25) is 0 Å². The maximum absolute atomic E-state index is 5.22. The van der Waals surface area contributed by atoms with Crippen molar-refractivity contribution in [3.63, 3.8) is 0 Å². The third kappa shape index (κ3) is 3.65. The first-order chi connectivity index (χ1) is 25.8. The minimum Gasteiger partial charge on any atom is -0.309 e. The van der Waals surface area contributed by atoms with E-state index in [-0.39, 0.29) is 0 Å². The van der Waals surface area contributed by atoms with Crippen molar-refractivity contribution in [3.8, 4) is 28.3 Å². The quantitative estimate of drug-likeness (QED) is 0.140. The summed E-state index contributed by atoms with van der Waals surface area (Å²) >= 11 is 0. The maximum atomic E-state index is 5.22. The molecule has 0 N–H and O–H groups in total. The van der Waals surface area contributed by atoms with Gasteiger partial charge in [0, 0.05) is 54.5 Å². The van der Waals surface area contributed by atoms with E-state index >= 15 is 0 Å². The van der Waals surface area contributed by atoms with Gasteiger partial charge in [0.05, 0.1) is 38.8 Å². The summed E-state index contributed by atoms with van der Waals surface area (Å²) in [6.45, 7) is 0. The molecule has 0 saturated carbocycles. The monoisotopic (exact) mass is 660 g/mol. The summed E-state index contributed by atoms with van der Waals surface area (Å²) in [4.78, 5) is 10.3. The molecule has 0 amide bonds. The molecule has 4 aromatic heterocycles. The van der Waals surface area contributed by atoms with Crippen LogP contribution in [0.15, 0.2) is 170 Å². The van der Waals surface area contributed by atoms with Gasteiger partial charge in [-0.15, -0.1) is 0 Å². The van der Waals surface area contributed by atoms with E-state index in [0.717, 1.165) is 39.2 Å². The van der Waals surface area contributed by atoms with E-state index in [1.54, 1.807) is 0 Å². The van der Waals surface area contributed by atoms with Crippen LogP contribution in [0.25, 0.3) is 110 Å². The van der Waals surface area contributed by atoms with Crippen LogP contribution in [0, 0.1) is 0 Å². The van der Waals surface area contributed by atoms with Gasteiger partial charge in [0.15, 0.2) is 5.82 Å². The van der Waals surface area contributed by atoms with Crippen molar-refractivity contribution in [2.24, 2.45) is 0 Å². The number of para-hydroxylation sites is 3. The zero-order valence-electron chi connectivity index (χ0n) is 28.0. The summed E-state index contributed by atoms with van der Waals surface area (Å²) in [6.07, 6.45) is 0. The molecule has 0 unspecified atom stereocenters. The van der Waals surface area contributed by atoms with Crippen LogP contribution in [0.2, 0.25) is 0 Å². The summed E-state index contributed by atoms with van der Waals surface area (Å²) in [7, 11) is 0. The molecule has 4 heterocycles. The summed E-state index contributed by atoms with van der Waals surface area (Å²) < 4.78 is 4.94. The van der Waals surface area contributed by atoms with Gasteiger partial charge in [-0.1, -0.05) is 133 Å². The highest BCUT2D eigenvalue weighted by Gasteiger charge is 2.22. The van der Waals surface area contributed by atoms with Gasteiger partial charge in [-0.25, -0.2) is 9.97 Å². The van der Waals surface area contributed by atoms with Crippen LogP contribution in [-0.4, -0.2) is 18.9 Å². The number of hydrogen-bond donors (Lipinski definition) is 0. The Morgan fingerprint density at radius 2 is 0.981 bits per heavy atom. The first kappa shape index (κ1) is 27.7. The lowest BCUT2D eigenvalue weighted by atomic mass is 9.96. The molecule has 52 heavy (non-hydrogen) atoms. The van der Waals surface area contributed by atoms with Crippen molar-refractivity contribution >= 4 is 81.6 Å². The third-order valence-electron chi connectivity index (χ3n) is 11.0. The fourth-order valence-corrected chi connectivity index (χ4v) is 8.87. The van der Waals surface area contributed by atoms with Crippen molar-refractivity contribution < 1.29 is 0 Å². The molecule has 0 aliphatic rings. The van der Waals surface area contributed by atoms with Crippen LogP contribution in [-0.2, 0) is 0 Å². The van der Waals surface area contributed by atoms with Crippen molar-refractivity contribution in [2.75, 3.05) is 0 Å². The largest absolute Gasteiger partial charge is 0.309 e. The van der Waals surface area contributed by atoms with E-state index in [1.807, 2.05) is 18.2 Å². The highest BCUT2D eigenvalue weighted by atomic mass is 15.0. The number of nitrogens with zero attached hydrogens (tertiary/aromatic N) is 4. The second kappa shape index (κ2) is 10.3. The highest BCUT2D eigenvalue weighted by Crippen LogP contribution is 2.45. The molecule has 0 spiro atoms. The minimum absolute atomic E-state index is 0.725. The van der Waals surface area contributed by atoms with Crippen LogP contribution in [0.4, 0.5) is 0 Å². The second-order valence-corrected chi connectivity index (χ2v) is 13.8.